The molecule has 2 N–H and O–H groups in total. The fourth-order valence-electron chi connectivity index (χ4n) is 0.947. The zero-order chi connectivity index (χ0) is 7.84. The topological polar surface area (TPSA) is 38.9 Å². The highest BCUT2D eigenvalue weighted by Crippen LogP contribution is 2.28. The predicted molar refractivity (Wildman–Crippen MR) is 56.7 cm³/mol. The summed E-state index contributed by atoms with van der Waals surface area (Å²) in [6.45, 7) is 0. The average molecular weight is 276 g/mol. The van der Waals surface area contributed by atoms with Gasteiger partial charge in [-0.05, 0) is 46.3 Å². The second kappa shape index (κ2) is 2.60. The molecule has 2 nitrogen and oxygen atoms in total. The maximum absolute atomic E-state index is 5.64. The van der Waals surface area contributed by atoms with E-state index in [1.165, 1.54) is 19.8 Å². The molecule has 0 aliphatic carbocycles. The molecule has 2 rings (SSSR count). The molecule has 0 atom stereocenters. The molecule has 0 saturated heterocycles. The first-order chi connectivity index (χ1) is 5.29. The van der Waals surface area contributed by atoms with Crippen molar-refractivity contribution in [3.63, 3.8) is 0 Å². The lowest BCUT2D eigenvalue weighted by Gasteiger charge is -1.90. The van der Waals surface area contributed by atoms with Crippen LogP contribution in [0, 0.1) is 3.57 Å². The van der Waals surface area contributed by atoms with Crippen LogP contribution < -0.4 is 5.73 Å². The summed E-state index contributed by atoms with van der Waals surface area (Å²) >= 11 is 3.74. The van der Waals surface area contributed by atoms with Gasteiger partial charge in [-0.2, -0.15) is 4.37 Å². The Morgan fingerprint density at radius 3 is 3.00 bits per heavy atom. The summed E-state index contributed by atoms with van der Waals surface area (Å²) in [6, 6.07) is 6.05. The van der Waals surface area contributed by atoms with Crippen LogP contribution in [0.1, 0.15) is 0 Å². The van der Waals surface area contributed by atoms with Gasteiger partial charge >= 0.3 is 0 Å². The lowest BCUT2D eigenvalue weighted by Crippen LogP contribution is -1.82. The Labute approximate surface area is 81.7 Å². The van der Waals surface area contributed by atoms with Gasteiger partial charge in [0, 0.05) is 8.96 Å². The molecule has 0 radical (unpaired) electrons. The molecule has 0 bridgehead atoms. The molecule has 0 amide bonds. The zero-order valence-electron chi connectivity index (χ0n) is 5.54. The van der Waals surface area contributed by atoms with Gasteiger partial charge in [0.05, 0.1) is 4.70 Å². The Bertz CT molecular complexity index is 396. The van der Waals surface area contributed by atoms with E-state index in [0.29, 0.717) is 5.82 Å². The van der Waals surface area contributed by atoms with Crippen molar-refractivity contribution in [2.45, 2.75) is 0 Å². The number of hydrogen-bond donors (Lipinski definition) is 1. The van der Waals surface area contributed by atoms with Crippen molar-refractivity contribution in [2.24, 2.45) is 0 Å². The van der Waals surface area contributed by atoms with Crippen molar-refractivity contribution >= 4 is 50.0 Å². The van der Waals surface area contributed by atoms with Gasteiger partial charge in [0.2, 0.25) is 0 Å². The van der Waals surface area contributed by atoms with Gasteiger partial charge in [0.25, 0.3) is 0 Å². The average Bonchev–Trinajstić information content (AvgIpc) is 2.35. The number of benzene rings is 1. The fourth-order valence-corrected chi connectivity index (χ4v) is 2.46. The number of nitrogens with two attached hydrogens (primary N) is 1. The molecule has 0 saturated carbocycles. The molecule has 4 heteroatoms. The van der Waals surface area contributed by atoms with E-state index in [0.717, 1.165) is 5.39 Å². The summed E-state index contributed by atoms with van der Waals surface area (Å²) in [6.07, 6.45) is 0. The van der Waals surface area contributed by atoms with Crippen LogP contribution >= 0.6 is 34.1 Å². The molecular formula is C7H5IN2S. The van der Waals surface area contributed by atoms with E-state index in [1.807, 2.05) is 12.1 Å². The quantitative estimate of drug-likeness (QED) is 0.751. The highest BCUT2D eigenvalue weighted by molar-refractivity contribution is 14.1. The highest BCUT2D eigenvalue weighted by atomic mass is 127. The molecule has 0 fully saturated rings. The van der Waals surface area contributed by atoms with Crippen LogP contribution in [0.4, 0.5) is 5.82 Å². The molecule has 0 spiro atoms. The molecule has 0 aliphatic rings. The molecular weight excluding hydrogens is 271 g/mol. The molecule has 0 aliphatic heterocycles. The van der Waals surface area contributed by atoms with Gasteiger partial charge in [-0.25, -0.2) is 0 Å². The number of rotatable bonds is 0. The molecule has 56 valence electrons. The van der Waals surface area contributed by atoms with E-state index >= 15 is 0 Å². The first-order valence-corrected chi connectivity index (χ1v) is 4.93. The van der Waals surface area contributed by atoms with Gasteiger partial charge in [0.15, 0.2) is 0 Å². The Morgan fingerprint density at radius 1 is 1.45 bits per heavy atom. The Kier molecular flexibility index (Phi) is 1.72. The number of hydrogen-bond acceptors (Lipinski definition) is 3. The third-order valence-corrected chi connectivity index (χ3v) is 3.65. The number of halogens is 1. The summed E-state index contributed by atoms with van der Waals surface area (Å²) < 4.78 is 6.47. The molecule has 11 heavy (non-hydrogen) atoms. The summed E-state index contributed by atoms with van der Waals surface area (Å²) in [4.78, 5) is 0. The Hall–Kier alpha value is -0.360. The van der Waals surface area contributed by atoms with Gasteiger partial charge in [-0.3, -0.25) is 0 Å². The van der Waals surface area contributed by atoms with Crippen LogP contribution in [0.5, 0.6) is 0 Å². The molecule has 1 heterocycles. The zero-order valence-corrected chi connectivity index (χ0v) is 8.52. The molecule has 1 aromatic carbocycles. The molecule has 1 aromatic heterocycles. The van der Waals surface area contributed by atoms with Crippen molar-refractivity contribution in [1.29, 1.82) is 0 Å². The maximum atomic E-state index is 5.64. The van der Waals surface area contributed by atoms with Crippen LogP contribution in [-0.2, 0) is 0 Å². The first-order valence-electron chi connectivity index (χ1n) is 3.08. The minimum atomic E-state index is 0.642. The lowest BCUT2D eigenvalue weighted by molar-refractivity contribution is 1.58. The predicted octanol–water partition coefficient (Wildman–Crippen LogP) is 2.48. The summed E-state index contributed by atoms with van der Waals surface area (Å²) in [7, 11) is 0. The monoisotopic (exact) mass is 276 g/mol. The summed E-state index contributed by atoms with van der Waals surface area (Å²) in [5, 5.41) is 1.07. The standard InChI is InChI=1S/C7H5IN2S/c8-5-3-1-2-4-6(5)11-10-7(4)9/h1-3H,(H2,9,10). The van der Waals surface area contributed by atoms with Crippen molar-refractivity contribution in [2.75, 3.05) is 5.73 Å². The van der Waals surface area contributed by atoms with Crippen LogP contribution in [0.3, 0.4) is 0 Å². The minimum Gasteiger partial charge on any atom is -0.382 e. The molecule has 0 unspecified atom stereocenters. The van der Waals surface area contributed by atoms with E-state index in [2.05, 4.69) is 33.0 Å². The van der Waals surface area contributed by atoms with Crippen LogP contribution in [0.2, 0.25) is 0 Å². The lowest BCUT2D eigenvalue weighted by atomic mass is 10.3. The van der Waals surface area contributed by atoms with Crippen LogP contribution in [-0.4, -0.2) is 4.37 Å². The third kappa shape index (κ3) is 1.10. The Balaban J connectivity index is 2.94. The van der Waals surface area contributed by atoms with Crippen molar-refractivity contribution in [3.8, 4) is 0 Å². The number of aromatic nitrogens is 1. The number of nitrogen functional groups attached to an aromatic ring is 1. The summed E-state index contributed by atoms with van der Waals surface area (Å²) in [5.41, 5.74) is 5.64. The number of fused-ring (bicyclic) bond motifs is 1. The van der Waals surface area contributed by atoms with Gasteiger partial charge in [-0.15, -0.1) is 0 Å². The van der Waals surface area contributed by atoms with E-state index in [9.17, 15) is 0 Å². The van der Waals surface area contributed by atoms with Crippen molar-refractivity contribution < 1.29 is 0 Å². The van der Waals surface area contributed by atoms with Gasteiger partial charge < -0.3 is 5.73 Å². The van der Waals surface area contributed by atoms with Gasteiger partial charge in [0.1, 0.15) is 5.82 Å². The largest absolute Gasteiger partial charge is 0.382 e. The second-order valence-corrected chi connectivity index (χ2v) is 4.12. The van der Waals surface area contributed by atoms with E-state index in [4.69, 9.17) is 5.73 Å². The summed E-state index contributed by atoms with van der Waals surface area (Å²) in [5.74, 6) is 0.642. The number of anilines is 1. The van der Waals surface area contributed by atoms with Crippen molar-refractivity contribution in [1.82, 2.24) is 4.37 Å². The third-order valence-electron chi connectivity index (χ3n) is 1.48. The van der Waals surface area contributed by atoms with Crippen LogP contribution in [0.15, 0.2) is 18.2 Å². The van der Waals surface area contributed by atoms with E-state index in [1.54, 1.807) is 0 Å². The van der Waals surface area contributed by atoms with E-state index < -0.39 is 0 Å². The molecule has 2 aromatic rings. The number of nitrogens with zero attached hydrogens (tertiary/aromatic N) is 1. The van der Waals surface area contributed by atoms with Gasteiger partial charge in [-0.1, -0.05) is 6.07 Å². The second-order valence-electron chi connectivity index (χ2n) is 2.18. The maximum Gasteiger partial charge on any atom is 0.145 e. The van der Waals surface area contributed by atoms with Crippen LogP contribution in [0.25, 0.3) is 10.1 Å². The Morgan fingerprint density at radius 2 is 2.27 bits per heavy atom. The fraction of sp³-hybridized carbons (Fsp3) is 0. The van der Waals surface area contributed by atoms with Crippen molar-refractivity contribution in [3.05, 3.63) is 21.8 Å². The van der Waals surface area contributed by atoms with E-state index in [-0.39, 0.29) is 0 Å². The normalized spacial score (nSPS) is 10.6. The first kappa shape index (κ1) is 7.30. The highest BCUT2D eigenvalue weighted by Gasteiger charge is 2.03. The SMILES string of the molecule is Nc1nsc2c(I)cccc12. The minimum absolute atomic E-state index is 0.642. The smallest absolute Gasteiger partial charge is 0.145 e.